The van der Waals surface area contributed by atoms with Gasteiger partial charge in [-0.1, -0.05) is 11.6 Å². The molecule has 1 saturated carbocycles. The Morgan fingerprint density at radius 1 is 1.24 bits per heavy atom. The van der Waals surface area contributed by atoms with Crippen LogP contribution in [0.1, 0.15) is 36.0 Å². The van der Waals surface area contributed by atoms with Crippen LogP contribution < -0.4 is 16.4 Å². The van der Waals surface area contributed by atoms with Crippen LogP contribution in [0, 0.1) is 5.92 Å². The standard InChI is InChI=1S/C17H22ClN3O3.ClH/c18-11-3-5-14(13(7-11)16(22)20-9-10-1-2-10)21-17(23)15-6-4-12(8-19)24-15;/h3,5,7,10,12,15H,1-2,4,6,8-9,19H2,(H,20,22)(H,21,23);1H/t12-,15+;/m1./s1. The van der Waals surface area contributed by atoms with Gasteiger partial charge in [-0.3, -0.25) is 9.59 Å². The quantitative estimate of drug-likeness (QED) is 0.698. The highest BCUT2D eigenvalue weighted by Gasteiger charge is 2.30. The number of hydrogen-bond donors (Lipinski definition) is 3. The fourth-order valence-electron chi connectivity index (χ4n) is 2.75. The van der Waals surface area contributed by atoms with Gasteiger partial charge in [-0.25, -0.2) is 0 Å². The molecule has 138 valence electrons. The molecule has 1 aliphatic heterocycles. The zero-order chi connectivity index (χ0) is 17.1. The van der Waals surface area contributed by atoms with Crippen LogP contribution in [0.15, 0.2) is 18.2 Å². The number of nitrogens with two attached hydrogens (primary N) is 1. The summed E-state index contributed by atoms with van der Waals surface area (Å²) < 4.78 is 5.59. The number of anilines is 1. The fraction of sp³-hybridized carbons (Fsp3) is 0.529. The number of amides is 2. The predicted octanol–water partition coefficient (Wildman–Crippen LogP) is 2.35. The van der Waals surface area contributed by atoms with Crippen molar-refractivity contribution in [2.45, 2.75) is 37.9 Å². The molecule has 2 atom stereocenters. The summed E-state index contributed by atoms with van der Waals surface area (Å²) in [4.78, 5) is 24.8. The Kier molecular flexibility index (Phi) is 7.07. The number of hydrogen-bond acceptors (Lipinski definition) is 4. The summed E-state index contributed by atoms with van der Waals surface area (Å²) in [6, 6.07) is 4.85. The zero-order valence-corrected chi connectivity index (χ0v) is 15.4. The van der Waals surface area contributed by atoms with Crippen molar-refractivity contribution in [2.24, 2.45) is 11.7 Å². The molecule has 1 aromatic rings. The van der Waals surface area contributed by atoms with Crippen molar-refractivity contribution in [3.8, 4) is 0 Å². The zero-order valence-electron chi connectivity index (χ0n) is 13.8. The Labute approximate surface area is 158 Å². The lowest BCUT2D eigenvalue weighted by atomic mass is 10.1. The van der Waals surface area contributed by atoms with Gasteiger partial charge in [0.1, 0.15) is 6.10 Å². The average Bonchev–Trinajstić information content (AvgIpc) is 3.28. The maximum Gasteiger partial charge on any atom is 0.253 e. The number of nitrogens with one attached hydrogen (secondary N) is 2. The molecular formula is C17H23Cl2N3O3. The molecule has 0 spiro atoms. The number of ether oxygens (including phenoxy) is 1. The first-order chi connectivity index (χ1) is 11.6. The molecule has 0 unspecified atom stereocenters. The fourth-order valence-corrected chi connectivity index (χ4v) is 2.92. The molecule has 2 aliphatic rings. The van der Waals surface area contributed by atoms with E-state index in [1.165, 1.54) is 0 Å². The van der Waals surface area contributed by atoms with Crippen LogP contribution in [0.3, 0.4) is 0 Å². The highest BCUT2D eigenvalue weighted by atomic mass is 35.5. The minimum atomic E-state index is -0.531. The van der Waals surface area contributed by atoms with Crippen LogP contribution >= 0.6 is 24.0 Å². The molecule has 3 rings (SSSR count). The Morgan fingerprint density at radius 3 is 2.64 bits per heavy atom. The van der Waals surface area contributed by atoms with Crippen molar-refractivity contribution < 1.29 is 14.3 Å². The van der Waals surface area contributed by atoms with Gasteiger partial charge in [0.2, 0.25) is 0 Å². The van der Waals surface area contributed by atoms with E-state index < -0.39 is 6.10 Å². The number of rotatable bonds is 6. The summed E-state index contributed by atoms with van der Waals surface area (Å²) in [5, 5.41) is 6.12. The highest BCUT2D eigenvalue weighted by Crippen LogP contribution is 2.28. The summed E-state index contributed by atoms with van der Waals surface area (Å²) in [6.45, 7) is 1.06. The summed E-state index contributed by atoms with van der Waals surface area (Å²) in [6.07, 6.45) is 3.10. The molecule has 6 nitrogen and oxygen atoms in total. The molecule has 1 aromatic carbocycles. The monoisotopic (exact) mass is 387 g/mol. The molecule has 1 saturated heterocycles. The summed E-state index contributed by atoms with van der Waals surface area (Å²) in [5.41, 5.74) is 6.38. The van der Waals surface area contributed by atoms with E-state index in [-0.39, 0.29) is 30.3 Å². The van der Waals surface area contributed by atoms with Gasteiger partial charge < -0.3 is 21.1 Å². The third-order valence-corrected chi connectivity index (χ3v) is 4.63. The largest absolute Gasteiger partial charge is 0.364 e. The van der Waals surface area contributed by atoms with Gasteiger partial charge >= 0.3 is 0 Å². The van der Waals surface area contributed by atoms with Gasteiger partial charge in [0.25, 0.3) is 11.8 Å². The predicted molar refractivity (Wildman–Crippen MR) is 99.3 cm³/mol. The minimum absolute atomic E-state index is 0. The van der Waals surface area contributed by atoms with E-state index in [1.54, 1.807) is 18.2 Å². The van der Waals surface area contributed by atoms with Crippen molar-refractivity contribution in [3.63, 3.8) is 0 Å². The lowest BCUT2D eigenvalue weighted by molar-refractivity contribution is -0.126. The third kappa shape index (κ3) is 5.31. The second-order valence-electron chi connectivity index (χ2n) is 6.39. The van der Waals surface area contributed by atoms with Gasteiger partial charge in [0, 0.05) is 18.1 Å². The Balaban J connectivity index is 0.00000225. The summed E-state index contributed by atoms with van der Waals surface area (Å²) in [7, 11) is 0. The lowest BCUT2D eigenvalue weighted by Gasteiger charge is -2.15. The second-order valence-corrected chi connectivity index (χ2v) is 6.83. The van der Waals surface area contributed by atoms with E-state index in [0.29, 0.717) is 41.7 Å². The lowest BCUT2D eigenvalue weighted by Crippen LogP contribution is -2.31. The van der Waals surface area contributed by atoms with E-state index in [0.717, 1.165) is 19.3 Å². The van der Waals surface area contributed by atoms with E-state index >= 15 is 0 Å². The summed E-state index contributed by atoms with van der Waals surface area (Å²) in [5.74, 6) is 0.0858. The second kappa shape index (κ2) is 8.85. The van der Waals surface area contributed by atoms with E-state index in [1.807, 2.05) is 0 Å². The molecule has 4 N–H and O–H groups in total. The smallest absolute Gasteiger partial charge is 0.253 e. The molecule has 8 heteroatoms. The molecule has 2 amide bonds. The molecule has 0 radical (unpaired) electrons. The van der Waals surface area contributed by atoms with Crippen LogP contribution in [0.5, 0.6) is 0 Å². The van der Waals surface area contributed by atoms with Crippen LogP contribution in [-0.4, -0.2) is 37.1 Å². The topological polar surface area (TPSA) is 93.5 Å². The van der Waals surface area contributed by atoms with Gasteiger partial charge in [0.15, 0.2) is 0 Å². The molecule has 1 heterocycles. The van der Waals surface area contributed by atoms with E-state index in [4.69, 9.17) is 22.1 Å². The number of carbonyl (C=O) groups excluding carboxylic acids is 2. The first kappa shape index (κ1) is 20.0. The third-order valence-electron chi connectivity index (χ3n) is 4.40. The van der Waals surface area contributed by atoms with Crippen molar-refractivity contribution in [2.75, 3.05) is 18.4 Å². The first-order valence-corrected chi connectivity index (χ1v) is 8.68. The number of benzene rings is 1. The van der Waals surface area contributed by atoms with Gasteiger partial charge in [-0.05, 0) is 49.8 Å². The Hall–Kier alpha value is -1.34. The first-order valence-electron chi connectivity index (χ1n) is 8.31. The van der Waals surface area contributed by atoms with Crippen molar-refractivity contribution in [3.05, 3.63) is 28.8 Å². The average molecular weight is 388 g/mol. The molecular weight excluding hydrogens is 365 g/mol. The van der Waals surface area contributed by atoms with Crippen LogP contribution in [-0.2, 0) is 9.53 Å². The van der Waals surface area contributed by atoms with Gasteiger partial charge in [-0.15, -0.1) is 12.4 Å². The molecule has 25 heavy (non-hydrogen) atoms. The molecule has 1 aliphatic carbocycles. The van der Waals surface area contributed by atoms with Crippen molar-refractivity contribution in [1.29, 1.82) is 0 Å². The molecule has 2 fully saturated rings. The Morgan fingerprint density at radius 2 is 2.00 bits per heavy atom. The van der Waals surface area contributed by atoms with E-state index in [2.05, 4.69) is 10.6 Å². The van der Waals surface area contributed by atoms with Crippen molar-refractivity contribution in [1.82, 2.24) is 5.32 Å². The van der Waals surface area contributed by atoms with Crippen LogP contribution in [0.2, 0.25) is 5.02 Å². The minimum Gasteiger partial charge on any atom is -0.364 e. The highest BCUT2D eigenvalue weighted by molar-refractivity contribution is 6.31. The van der Waals surface area contributed by atoms with Gasteiger partial charge in [-0.2, -0.15) is 0 Å². The van der Waals surface area contributed by atoms with E-state index in [9.17, 15) is 9.59 Å². The maximum atomic E-state index is 12.4. The SMILES string of the molecule is Cl.NC[C@H]1CC[C@@H](C(=O)Nc2ccc(Cl)cc2C(=O)NCC2CC2)O1. The maximum absolute atomic E-state index is 12.4. The number of halogens is 2. The van der Waals surface area contributed by atoms with Crippen molar-refractivity contribution >= 4 is 41.5 Å². The molecule has 0 bridgehead atoms. The van der Waals surface area contributed by atoms with Gasteiger partial charge in [0.05, 0.1) is 17.4 Å². The number of carbonyl (C=O) groups is 2. The van der Waals surface area contributed by atoms with Crippen LogP contribution in [0.25, 0.3) is 0 Å². The van der Waals surface area contributed by atoms with Crippen LogP contribution in [0.4, 0.5) is 5.69 Å². The Bertz CT molecular complexity index is 638. The normalized spacial score (nSPS) is 22.2. The summed E-state index contributed by atoms with van der Waals surface area (Å²) >= 11 is 6.01. The molecule has 0 aromatic heterocycles.